The molecule has 0 saturated heterocycles. The second-order valence-corrected chi connectivity index (χ2v) is 10.1. The van der Waals surface area contributed by atoms with Gasteiger partial charge in [0.15, 0.2) is 4.34 Å². The van der Waals surface area contributed by atoms with Crippen molar-refractivity contribution in [1.82, 2.24) is 14.8 Å². The molecule has 0 aliphatic heterocycles. The molecule has 3 aromatic rings. The van der Waals surface area contributed by atoms with Crippen LogP contribution in [0, 0.1) is 25.2 Å². The Morgan fingerprint density at radius 1 is 1.27 bits per heavy atom. The zero-order chi connectivity index (χ0) is 23.4. The molecule has 10 heteroatoms. The number of amides is 1. The molecule has 2 heterocycles. The van der Waals surface area contributed by atoms with Crippen LogP contribution in [-0.4, -0.2) is 33.5 Å². The Balaban J connectivity index is 1.39. The molecular weight excluding hydrogens is 456 g/mol. The fraction of sp³-hybridized carbons (Fsp3) is 0.391. The van der Waals surface area contributed by atoms with E-state index in [0.717, 1.165) is 35.5 Å². The minimum atomic E-state index is -0.159. The second-order valence-electron chi connectivity index (χ2n) is 7.92. The third-order valence-electron chi connectivity index (χ3n) is 5.89. The monoisotopic (exact) mass is 482 g/mol. The highest BCUT2D eigenvalue weighted by Gasteiger charge is 2.26. The summed E-state index contributed by atoms with van der Waals surface area (Å²) >= 11 is 2.71. The number of nitrogens with one attached hydrogen (secondary N) is 2. The molecule has 4 rings (SSSR count). The first kappa shape index (κ1) is 23.1. The highest BCUT2D eigenvalue weighted by molar-refractivity contribution is 8.01. The van der Waals surface area contributed by atoms with Crippen LogP contribution in [0.4, 0.5) is 16.6 Å². The number of benzene rings is 1. The van der Waals surface area contributed by atoms with E-state index in [4.69, 9.17) is 4.74 Å². The van der Waals surface area contributed by atoms with Crippen molar-refractivity contribution in [3.63, 3.8) is 0 Å². The summed E-state index contributed by atoms with van der Waals surface area (Å²) in [6, 6.07) is 10.1. The lowest BCUT2D eigenvalue weighted by atomic mass is 10.2. The van der Waals surface area contributed by atoms with Gasteiger partial charge in [0.2, 0.25) is 11.0 Å². The van der Waals surface area contributed by atoms with Gasteiger partial charge in [0.1, 0.15) is 17.6 Å². The van der Waals surface area contributed by atoms with Crippen LogP contribution in [0.25, 0.3) is 0 Å². The van der Waals surface area contributed by atoms with Crippen LogP contribution in [0.3, 0.4) is 0 Å². The Labute approximate surface area is 201 Å². The lowest BCUT2D eigenvalue weighted by Crippen LogP contribution is -2.19. The molecule has 0 spiro atoms. The van der Waals surface area contributed by atoms with Crippen LogP contribution in [0.2, 0.25) is 0 Å². The van der Waals surface area contributed by atoms with E-state index >= 15 is 0 Å². The number of nitriles is 1. The molecule has 172 valence electrons. The molecular formula is C23H26N6O2S2. The maximum absolute atomic E-state index is 12.8. The van der Waals surface area contributed by atoms with Gasteiger partial charge in [-0.3, -0.25) is 4.79 Å². The van der Waals surface area contributed by atoms with Gasteiger partial charge in [0.25, 0.3) is 0 Å². The zero-order valence-electron chi connectivity index (χ0n) is 18.8. The average Bonchev–Trinajstić information content (AvgIpc) is 3.55. The minimum absolute atomic E-state index is 0.159. The van der Waals surface area contributed by atoms with Crippen molar-refractivity contribution in [3.8, 4) is 11.8 Å². The van der Waals surface area contributed by atoms with Crippen molar-refractivity contribution in [2.45, 2.75) is 49.9 Å². The van der Waals surface area contributed by atoms with Crippen LogP contribution < -0.4 is 15.4 Å². The maximum Gasteiger partial charge on any atom is 0.235 e. The second kappa shape index (κ2) is 10.3. The first-order valence-electron chi connectivity index (χ1n) is 10.8. The lowest BCUT2D eigenvalue weighted by Gasteiger charge is -2.19. The summed E-state index contributed by atoms with van der Waals surface area (Å²) in [7, 11) is 1.63. The van der Waals surface area contributed by atoms with E-state index < -0.39 is 0 Å². The van der Waals surface area contributed by atoms with Crippen LogP contribution in [0.5, 0.6) is 5.75 Å². The third-order valence-corrected chi connectivity index (χ3v) is 7.86. The standard InChI is InChI=1S/C23H26N6O2S2/c1-14-15(2)29(17-6-4-5-7-17)21(19(14)12-24)26-20(30)13-32-23-28-27-22(33-23)25-16-8-10-18(31-3)11-9-16/h8-11,17H,4-7,13H2,1-3H3,(H,25,27)(H,26,30). The van der Waals surface area contributed by atoms with Crippen molar-refractivity contribution >= 4 is 45.6 Å². The molecule has 0 unspecified atom stereocenters. The van der Waals surface area contributed by atoms with Crippen LogP contribution in [0.15, 0.2) is 28.6 Å². The number of methoxy groups -OCH3 is 1. The molecule has 8 nitrogen and oxygen atoms in total. The van der Waals surface area contributed by atoms with Crippen molar-refractivity contribution in [1.29, 1.82) is 5.26 Å². The Morgan fingerprint density at radius 3 is 2.67 bits per heavy atom. The van der Waals surface area contributed by atoms with Gasteiger partial charge in [-0.15, -0.1) is 10.2 Å². The summed E-state index contributed by atoms with van der Waals surface area (Å²) in [5.74, 6) is 1.44. The van der Waals surface area contributed by atoms with Gasteiger partial charge in [-0.2, -0.15) is 5.26 Å². The zero-order valence-corrected chi connectivity index (χ0v) is 20.5. The van der Waals surface area contributed by atoms with E-state index in [1.165, 1.54) is 35.9 Å². The Kier molecular flexibility index (Phi) is 7.20. The third kappa shape index (κ3) is 5.15. The van der Waals surface area contributed by atoms with Gasteiger partial charge in [-0.25, -0.2) is 0 Å². The lowest BCUT2D eigenvalue weighted by molar-refractivity contribution is -0.113. The smallest absolute Gasteiger partial charge is 0.235 e. The Morgan fingerprint density at radius 2 is 2.00 bits per heavy atom. The van der Waals surface area contributed by atoms with E-state index in [0.29, 0.717) is 26.9 Å². The Hall–Kier alpha value is -3.03. The number of hydrogen-bond acceptors (Lipinski definition) is 8. The van der Waals surface area contributed by atoms with E-state index in [9.17, 15) is 10.1 Å². The first-order valence-corrected chi connectivity index (χ1v) is 12.6. The van der Waals surface area contributed by atoms with Crippen LogP contribution in [-0.2, 0) is 4.79 Å². The average molecular weight is 483 g/mol. The van der Waals surface area contributed by atoms with Gasteiger partial charge < -0.3 is 19.9 Å². The Bertz CT molecular complexity index is 1170. The topological polar surface area (TPSA) is 105 Å². The van der Waals surface area contributed by atoms with Gasteiger partial charge in [0, 0.05) is 17.4 Å². The quantitative estimate of drug-likeness (QED) is 0.413. The molecule has 1 aromatic carbocycles. The number of thioether (sulfide) groups is 1. The van der Waals surface area contributed by atoms with Crippen LogP contribution >= 0.6 is 23.1 Å². The molecule has 0 radical (unpaired) electrons. The van der Waals surface area contributed by atoms with Gasteiger partial charge in [-0.1, -0.05) is 35.9 Å². The minimum Gasteiger partial charge on any atom is -0.497 e. The molecule has 2 aromatic heterocycles. The van der Waals surface area contributed by atoms with E-state index in [-0.39, 0.29) is 11.7 Å². The fourth-order valence-corrected chi connectivity index (χ4v) is 5.69. The summed E-state index contributed by atoms with van der Waals surface area (Å²) in [4.78, 5) is 12.8. The normalized spacial score (nSPS) is 13.6. The summed E-state index contributed by atoms with van der Waals surface area (Å²) in [6.07, 6.45) is 4.51. The number of aromatic nitrogens is 3. The van der Waals surface area contributed by atoms with E-state index in [1.807, 2.05) is 38.1 Å². The molecule has 2 N–H and O–H groups in total. The number of carbonyl (C=O) groups excluding carboxylic acids is 1. The fourth-order valence-electron chi connectivity index (χ4n) is 4.12. The van der Waals surface area contributed by atoms with Gasteiger partial charge in [-0.05, 0) is 56.5 Å². The van der Waals surface area contributed by atoms with Gasteiger partial charge >= 0.3 is 0 Å². The highest BCUT2D eigenvalue weighted by Crippen LogP contribution is 2.38. The molecule has 1 amide bonds. The SMILES string of the molecule is COc1ccc(Nc2nnc(SCC(=O)Nc3c(C#N)c(C)c(C)n3C3CCCC3)s2)cc1. The molecule has 1 fully saturated rings. The van der Waals surface area contributed by atoms with Crippen molar-refractivity contribution < 1.29 is 9.53 Å². The maximum atomic E-state index is 12.8. The van der Waals surface area contributed by atoms with Crippen molar-refractivity contribution in [2.24, 2.45) is 0 Å². The molecule has 0 atom stereocenters. The molecule has 0 bridgehead atoms. The predicted octanol–water partition coefficient (Wildman–Crippen LogP) is 5.43. The number of hydrogen-bond donors (Lipinski definition) is 2. The number of anilines is 3. The molecule has 1 aliphatic rings. The van der Waals surface area contributed by atoms with E-state index in [1.54, 1.807) is 7.11 Å². The summed E-state index contributed by atoms with van der Waals surface area (Å²) < 4.78 is 8.02. The summed E-state index contributed by atoms with van der Waals surface area (Å²) in [5, 5.41) is 24.9. The predicted molar refractivity (Wildman–Crippen MR) is 132 cm³/mol. The number of rotatable bonds is 8. The van der Waals surface area contributed by atoms with Crippen LogP contribution in [0.1, 0.15) is 48.5 Å². The van der Waals surface area contributed by atoms with Crippen molar-refractivity contribution in [2.75, 3.05) is 23.5 Å². The molecule has 33 heavy (non-hydrogen) atoms. The number of nitrogens with zero attached hydrogens (tertiary/aromatic N) is 4. The van der Waals surface area contributed by atoms with Crippen molar-refractivity contribution in [3.05, 3.63) is 41.1 Å². The number of ether oxygens (including phenoxy) is 1. The molecule has 1 saturated carbocycles. The number of carbonyl (C=O) groups is 1. The molecule has 1 aliphatic carbocycles. The van der Waals surface area contributed by atoms with E-state index in [2.05, 4.69) is 31.5 Å². The summed E-state index contributed by atoms with van der Waals surface area (Å²) in [6.45, 7) is 3.97. The first-order chi connectivity index (χ1) is 16.0. The summed E-state index contributed by atoms with van der Waals surface area (Å²) in [5.41, 5.74) is 3.42. The largest absolute Gasteiger partial charge is 0.497 e. The highest BCUT2D eigenvalue weighted by atomic mass is 32.2. The van der Waals surface area contributed by atoms with Gasteiger partial charge in [0.05, 0.1) is 18.4 Å².